The van der Waals surface area contributed by atoms with Crippen LogP contribution in [-0.4, -0.2) is 6.21 Å². The maximum Gasteiger partial charge on any atom is 0.0659 e. The summed E-state index contributed by atoms with van der Waals surface area (Å²) in [5.41, 5.74) is 3.17. The Morgan fingerprint density at radius 2 is 1.75 bits per heavy atom. The molecule has 0 saturated heterocycles. The number of benzene rings is 2. The van der Waals surface area contributed by atoms with Crippen LogP contribution in [0.4, 0.5) is 0 Å². The second kappa shape index (κ2) is 5.46. The summed E-state index contributed by atoms with van der Waals surface area (Å²) in [7, 11) is 0. The Morgan fingerprint density at radius 1 is 1.10 bits per heavy atom. The molecule has 0 aromatic heterocycles. The molecule has 20 heavy (non-hydrogen) atoms. The molecule has 3 rings (SSSR count). The van der Waals surface area contributed by atoms with Crippen LogP contribution in [0.5, 0.6) is 0 Å². The number of hydrogen-bond donors (Lipinski definition) is 0. The van der Waals surface area contributed by atoms with E-state index in [0.717, 1.165) is 24.1 Å². The summed E-state index contributed by atoms with van der Waals surface area (Å²) in [6.07, 6.45) is 6.11. The van der Waals surface area contributed by atoms with E-state index in [4.69, 9.17) is 2.74 Å². The summed E-state index contributed by atoms with van der Waals surface area (Å²) in [5.74, 6) is 0. The molecule has 1 atom stereocenters. The maximum atomic E-state index is 7.63. The van der Waals surface area contributed by atoms with Crippen molar-refractivity contribution >= 4 is 11.9 Å². The Morgan fingerprint density at radius 3 is 2.30 bits per heavy atom. The fourth-order valence-electron chi connectivity index (χ4n) is 2.68. The smallest absolute Gasteiger partial charge is 0.0659 e. The highest BCUT2D eigenvalue weighted by atomic mass is 14.8. The Kier molecular flexibility index (Phi) is 2.90. The van der Waals surface area contributed by atoms with E-state index >= 15 is 0 Å². The predicted octanol–water partition coefficient (Wildman–Crippen LogP) is 4.85. The first-order chi connectivity index (χ1) is 10.6. The van der Waals surface area contributed by atoms with Gasteiger partial charge in [0.1, 0.15) is 0 Å². The molecule has 1 nitrogen and oxygen atoms in total. The highest BCUT2D eigenvalue weighted by Gasteiger charge is 2.29. The average molecular weight is 263 g/mol. The molecule has 0 aliphatic carbocycles. The van der Waals surface area contributed by atoms with Gasteiger partial charge in [0.05, 0.1) is 8.44 Å². The summed E-state index contributed by atoms with van der Waals surface area (Å²) < 4.78 is 15.2. The second-order valence-corrected chi connectivity index (χ2v) is 5.14. The van der Waals surface area contributed by atoms with E-state index in [2.05, 4.69) is 24.2 Å². The highest BCUT2D eigenvalue weighted by Crippen LogP contribution is 2.35. The van der Waals surface area contributed by atoms with Crippen molar-refractivity contribution < 1.29 is 2.74 Å². The van der Waals surface area contributed by atoms with Gasteiger partial charge in [-0.3, -0.25) is 4.99 Å². The van der Waals surface area contributed by atoms with Crippen LogP contribution in [0.2, 0.25) is 0 Å². The Balaban J connectivity index is 1.88. The summed E-state index contributed by atoms with van der Waals surface area (Å²) >= 11 is 0. The summed E-state index contributed by atoms with van der Waals surface area (Å²) in [5, 5.41) is 0. The number of allylic oxidation sites excluding steroid dienone is 1. The molecule has 1 heteroatoms. The quantitative estimate of drug-likeness (QED) is 0.750. The van der Waals surface area contributed by atoms with Crippen molar-refractivity contribution in [2.75, 3.05) is 0 Å². The van der Waals surface area contributed by atoms with E-state index in [1.807, 2.05) is 36.4 Å². The van der Waals surface area contributed by atoms with Gasteiger partial charge in [-0.1, -0.05) is 73.6 Å². The molecule has 2 aromatic carbocycles. The predicted molar refractivity (Wildman–Crippen MR) is 85.9 cm³/mol. The lowest BCUT2D eigenvalue weighted by atomic mass is 9.75. The molecule has 0 saturated carbocycles. The zero-order chi connectivity index (χ0) is 15.6. The van der Waals surface area contributed by atoms with Gasteiger partial charge in [0.2, 0.25) is 0 Å². The van der Waals surface area contributed by atoms with Crippen molar-refractivity contribution in [3.63, 3.8) is 0 Å². The van der Waals surface area contributed by atoms with Crippen LogP contribution in [0.3, 0.4) is 0 Å². The van der Waals surface area contributed by atoms with E-state index in [9.17, 15) is 0 Å². The Labute approximate surface area is 123 Å². The highest BCUT2D eigenvalue weighted by molar-refractivity contribution is 5.84. The van der Waals surface area contributed by atoms with Crippen molar-refractivity contribution in [3.05, 3.63) is 77.8 Å². The molecule has 1 heterocycles. The van der Waals surface area contributed by atoms with Crippen molar-refractivity contribution in [2.45, 2.75) is 25.2 Å². The molecule has 0 N–H and O–H groups in total. The number of aliphatic imine (C=N–C) groups is 1. The van der Waals surface area contributed by atoms with Crippen LogP contribution in [0.1, 0.15) is 33.6 Å². The first-order valence-electron chi connectivity index (χ1n) is 8.02. The molecule has 2 aromatic rings. The van der Waals surface area contributed by atoms with E-state index in [-0.39, 0.29) is 5.41 Å². The molecule has 0 fully saturated rings. The zero-order valence-corrected chi connectivity index (χ0v) is 11.6. The van der Waals surface area contributed by atoms with Gasteiger partial charge in [-0.15, -0.1) is 0 Å². The molecule has 1 aliphatic heterocycles. The minimum atomic E-state index is -0.0768. The van der Waals surface area contributed by atoms with Gasteiger partial charge in [0.15, 0.2) is 0 Å². The lowest BCUT2D eigenvalue weighted by Gasteiger charge is -2.31. The first kappa shape index (κ1) is 10.6. The van der Waals surface area contributed by atoms with Gasteiger partial charge in [-0.2, -0.15) is 0 Å². The molecule has 100 valence electrons. The van der Waals surface area contributed by atoms with Gasteiger partial charge in [0, 0.05) is 11.6 Å². The molecule has 0 radical (unpaired) electrons. The minimum Gasteiger partial charge on any atom is -0.260 e. The van der Waals surface area contributed by atoms with E-state index in [0.29, 0.717) is 12.1 Å². The molecule has 1 aliphatic rings. The minimum absolute atomic E-state index is 0.0768. The summed E-state index contributed by atoms with van der Waals surface area (Å²) in [6.45, 7) is 2.17. The van der Waals surface area contributed by atoms with E-state index in [1.165, 1.54) is 5.56 Å². The maximum absolute atomic E-state index is 7.63. The van der Waals surface area contributed by atoms with Crippen LogP contribution in [0.15, 0.2) is 71.7 Å². The van der Waals surface area contributed by atoms with Gasteiger partial charge in [0.25, 0.3) is 0 Å². The lowest BCUT2D eigenvalue weighted by Crippen LogP contribution is -2.28. The molecular weight excluding hydrogens is 242 g/mol. The lowest BCUT2D eigenvalue weighted by molar-refractivity contribution is 0.568. The van der Waals surface area contributed by atoms with Gasteiger partial charge >= 0.3 is 0 Å². The average Bonchev–Trinajstić information content (AvgIpc) is 2.56. The van der Waals surface area contributed by atoms with E-state index in [1.54, 1.807) is 12.1 Å². The second-order valence-electron chi connectivity index (χ2n) is 5.14. The molecule has 0 bridgehead atoms. The van der Waals surface area contributed by atoms with Crippen LogP contribution in [0, 0.1) is 0 Å². The first-order valence-corrected chi connectivity index (χ1v) is 7.02. The zero-order valence-electron chi connectivity index (χ0n) is 13.6. The van der Waals surface area contributed by atoms with Crippen molar-refractivity contribution in [2.24, 2.45) is 4.99 Å². The van der Waals surface area contributed by atoms with Crippen molar-refractivity contribution in [1.82, 2.24) is 0 Å². The van der Waals surface area contributed by atoms with Crippen molar-refractivity contribution in [3.8, 4) is 0 Å². The SMILES string of the molecule is [2H]c1ccc(C2=CCC(CC)(c3ccc([2H])cc3)C=N2)cc1. The van der Waals surface area contributed by atoms with Crippen molar-refractivity contribution in [1.29, 1.82) is 0 Å². The largest absolute Gasteiger partial charge is 0.260 e. The molecule has 0 amide bonds. The van der Waals surface area contributed by atoms with Gasteiger partial charge in [-0.05, 0) is 24.0 Å². The fourth-order valence-corrected chi connectivity index (χ4v) is 2.68. The topological polar surface area (TPSA) is 12.4 Å². The van der Waals surface area contributed by atoms with Gasteiger partial charge < -0.3 is 0 Å². The number of rotatable bonds is 3. The number of nitrogens with zero attached hydrogens (tertiary/aromatic N) is 1. The van der Waals surface area contributed by atoms with Crippen LogP contribution in [0.25, 0.3) is 5.70 Å². The molecule has 0 spiro atoms. The van der Waals surface area contributed by atoms with Crippen LogP contribution >= 0.6 is 0 Å². The monoisotopic (exact) mass is 263 g/mol. The third kappa shape index (κ3) is 2.32. The molecule has 1 unspecified atom stereocenters. The normalized spacial score (nSPS) is 22.9. The van der Waals surface area contributed by atoms with E-state index < -0.39 is 0 Å². The fraction of sp³-hybridized carbons (Fsp3) is 0.211. The van der Waals surface area contributed by atoms with Crippen LogP contribution in [-0.2, 0) is 5.41 Å². The van der Waals surface area contributed by atoms with Gasteiger partial charge in [-0.25, -0.2) is 0 Å². The van der Waals surface area contributed by atoms with Crippen LogP contribution < -0.4 is 0 Å². The standard InChI is InChI=1S/C19H19N/c1-2-19(17-11-7-4-8-12-17)14-13-18(20-15-19)16-9-5-3-6-10-16/h3-13,15H,2,14H2,1H3/i3D,4D. The third-order valence-corrected chi connectivity index (χ3v) is 4.05. The third-order valence-electron chi connectivity index (χ3n) is 4.05. The summed E-state index contributed by atoms with van der Waals surface area (Å²) in [4.78, 5) is 4.68. The summed E-state index contributed by atoms with van der Waals surface area (Å²) in [6, 6.07) is 16.3. The Bertz CT molecular complexity index is 714. The Hall–Kier alpha value is -2.15. The number of hydrogen-bond acceptors (Lipinski definition) is 1. The molecular formula is C19H19N.